The molecule has 1 aromatic heterocycles. The summed E-state index contributed by atoms with van der Waals surface area (Å²) in [7, 11) is 1.51. The number of hydrogen-bond donors (Lipinski definition) is 1. The Morgan fingerprint density at radius 3 is 2.84 bits per heavy atom. The minimum Gasteiger partial charge on any atom is -0.493 e. The zero-order chi connectivity index (χ0) is 22.5. The summed E-state index contributed by atoms with van der Waals surface area (Å²) in [4.78, 5) is 16.8. The molecule has 1 aliphatic rings. The van der Waals surface area contributed by atoms with Gasteiger partial charge in [0, 0.05) is 24.1 Å². The number of thiazole rings is 1. The minimum atomic E-state index is -0.923. The van der Waals surface area contributed by atoms with Crippen molar-refractivity contribution in [2.24, 2.45) is 0 Å². The lowest BCUT2D eigenvalue weighted by atomic mass is 10.2. The number of carbonyl (C=O) groups excluding carboxylic acids is 1. The van der Waals surface area contributed by atoms with E-state index >= 15 is 0 Å². The van der Waals surface area contributed by atoms with E-state index in [2.05, 4.69) is 10.3 Å². The molecule has 6 nitrogen and oxygen atoms in total. The molecule has 1 aliphatic heterocycles. The minimum absolute atomic E-state index is 0.0547. The van der Waals surface area contributed by atoms with Gasteiger partial charge in [-0.25, -0.2) is 13.8 Å². The lowest BCUT2D eigenvalue weighted by Crippen LogP contribution is -2.31. The smallest absolute Gasteiger partial charge is 0.270 e. The molecule has 32 heavy (non-hydrogen) atoms. The Hall–Kier alpha value is -3.04. The van der Waals surface area contributed by atoms with Crippen molar-refractivity contribution in [2.75, 3.05) is 20.3 Å². The summed E-state index contributed by atoms with van der Waals surface area (Å²) >= 11 is 1.35. The molecular weight excluding hydrogens is 438 g/mol. The number of benzene rings is 2. The molecule has 1 atom stereocenters. The van der Waals surface area contributed by atoms with E-state index in [1.165, 1.54) is 24.5 Å². The van der Waals surface area contributed by atoms with E-state index in [9.17, 15) is 13.6 Å². The summed E-state index contributed by atoms with van der Waals surface area (Å²) in [5, 5.41) is 5.24. The monoisotopic (exact) mass is 460 g/mol. The number of methoxy groups -OCH3 is 1. The largest absolute Gasteiger partial charge is 0.493 e. The normalized spacial score (nSPS) is 15.5. The second kappa shape index (κ2) is 10.1. The van der Waals surface area contributed by atoms with Crippen LogP contribution in [0.3, 0.4) is 0 Å². The Morgan fingerprint density at radius 2 is 2.09 bits per heavy atom. The number of amides is 1. The first kappa shape index (κ1) is 22.2. The molecule has 3 aromatic rings. The van der Waals surface area contributed by atoms with Gasteiger partial charge in [0.2, 0.25) is 0 Å². The van der Waals surface area contributed by atoms with Gasteiger partial charge >= 0.3 is 0 Å². The van der Waals surface area contributed by atoms with Gasteiger partial charge in [-0.2, -0.15) is 0 Å². The second-order valence-corrected chi connectivity index (χ2v) is 8.14. The van der Waals surface area contributed by atoms with Crippen LogP contribution in [0.25, 0.3) is 10.6 Å². The lowest BCUT2D eigenvalue weighted by Gasteiger charge is -2.12. The maximum absolute atomic E-state index is 13.4. The molecule has 0 aliphatic carbocycles. The van der Waals surface area contributed by atoms with Crippen LogP contribution in [-0.4, -0.2) is 37.3 Å². The van der Waals surface area contributed by atoms with E-state index in [0.717, 1.165) is 37.1 Å². The molecule has 0 saturated carbocycles. The summed E-state index contributed by atoms with van der Waals surface area (Å²) in [6, 6.07) is 8.89. The standard InChI is InChI=1S/C23H22F2N2O4S/c1-29-21-10-15(5-7-20(21)31-12-14-4-6-17(24)18(25)9-14)23-27-19(13-32-23)22(28)26-11-16-3-2-8-30-16/h4-7,9-10,13,16H,2-3,8,11-12H2,1H3,(H,26,28)/t16-/m0/s1. The van der Waals surface area contributed by atoms with Gasteiger partial charge in [0.05, 0.1) is 13.2 Å². The van der Waals surface area contributed by atoms with Crippen LogP contribution in [0.2, 0.25) is 0 Å². The number of ether oxygens (including phenoxy) is 3. The molecule has 0 radical (unpaired) electrons. The molecule has 2 heterocycles. The average molecular weight is 461 g/mol. The van der Waals surface area contributed by atoms with Gasteiger partial charge in [-0.3, -0.25) is 4.79 Å². The molecule has 0 unspecified atom stereocenters. The van der Waals surface area contributed by atoms with Crippen LogP contribution < -0.4 is 14.8 Å². The fraction of sp³-hybridized carbons (Fsp3) is 0.304. The molecular formula is C23H22F2N2O4S. The molecule has 1 fully saturated rings. The van der Waals surface area contributed by atoms with Crippen LogP contribution in [0.4, 0.5) is 8.78 Å². The maximum Gasteiger partial charge on any atom is 0.270 e. The molecule has 4 rings (SSSR count). The van der Waals surface area contributed by atoms with Crippen molar-refractivity contribution in [3.63, 3.8) is 0 Å². The molecule has 1 saturated heterocycles. The molecule has 0 bridgehead atoms. The fourth-order valence-corrected chi connectivity index (χ4v) is 4.12. The predicted molar refractivity (Wildman–Crippen MR) is 116 cm³/mol. The van der Waals surface area contributed by atoms with Crippen molar-refractivity contribution in [3.8, 4) is 22.1 Å². The lowest BCUT2D eigenvalue weighted by molar-refractivity contribution is 0.0854. The molecule has 168 valence electrons. The van der Waals surface area contributed by atoms with Crippen LogP contribution in [0.5, 0.6) is 11.5 Å². The number of nitrogens with one attached hydrogen (secondary N) is 1. The highest BCUT2D eigenvalue weighted by Crippen LogP contribution is 2.34. The zero-order valence-corrected chi connectivity index (χ0v) is 18.2. The molecule has 2 aromatic carbocycles. The Labute approximate surface area is 188 Å². The molecule has 1 N–H and O–H groups in total. The van der Waals surface area contributed by atoms with Gasteiger partial charge in [-0.1, -0.05) is 6.07 Å². The maximum atomic E-state index is 13.4. The van der Waals surface area contributed by atoms with Gasteiger partial charge < -0.3 is 19.5 Å². The van der Waals surface area contributed by atoms with Crippen LogP contribution >= 0.6 is 11.3 Å². The van der Waals surface area contributed by atoms with Crippen LogP contribution in [-0.2, 0) is 11.3 Å². The number of rotatable bonds is 8. The Kier molecular flexibility index (Phi) is 6.96. The van der Waals surface area contributed by atoms with E-state index in [1.807, 2.05) is 0 Å². The predicted octanol–water partition coefficient (Wildman–Crippen LogP) is 4.58. The van der Waals surface area contributed by atoms with E-state index in [4.69, 9.17) is 14.2 Å². The first-order valence-corrected chi connectivity index (χ1v) is 11.0. The highest BCUT2D eigenvalue weighted by atomic mass is 32.1. The van der Waals surface area contributed by atoms with Gasteiger partial charge in [0.1, 0.15) is 17.3 Å². The molecule has 0 spiro atoms. The van der Waals surface area contributed by atoms with Gasteiger partial charge in [-0.15, -0.1) is 11.3 Å². The zero-order valence-electron chi connectivity index (χ0n) is 17.4. The number of nitrogens with zero attached hydrogens (tertiary/aromatic N) is 1. The number of halogens is 2. The Bertz CT molecular complexity index is 1100. The van der Waals surface area contributed by atoms with Crippen molar-refractivity contribution in [1.29, 1.82) is 0 Å². The SMILES string of the molecule is COc1cc(-c2nc(C(=O)NC[C@@H]3CCCO3)cs2)ccc1OCc1ccc(F)c(F)c1. The van der Waals surface area contributed by atoms with Gasteiger partial charge in [0.15, 0.2) is 23.1 Å². The number of aromatic nitrogens is 1. The van der Waals surface area contributed by atoms with E-state index < -0.39 is 11.6 Å². The van der Waals surface area contributed by atoms with Crippen molar-refractivity contribution >= 4 is 17.2 Å². The first-order valence-electron chi connectivity index (χ1n) is 10.1. The van der Waals surface area contributed by atoms with Crippen LogP contribution in [0, 0.1) is 11.6 Å². The van der Waals surface area contributed by atoms with Crippen molar-refractivity contribution < 1.29 is 27.8 Å². The molecule has 9 heteroatoms. The highest BCUT2D eigenvalue weighted by molar-refractivity contribution is 7.13. The summed E-state index contributed by atoms with van der Waals surface area (Å²) in [5.74, 6) is -1.15. The Morgan fingerprint density at radius 1 is 1.22 bits per heavy atom. The van der Waals surface area contributed by atoms with Crippen LogP contribution in [0.1, 0.15) is 28.9 Å². The van der Waals surface area contributed by atoms with Crippen molar-refractivity contribution in [1.82, 2.24) is 10.3 Å². The number of hydrogen-bond acceptors (Lipinski definition) is 6. The average Bonchev–Trinajstić information content (AvgIpc) is 3.50. The molecule has 1 amide bonds. The van der Waals surface area contributed by atoms with Crippen molar-refractivity contribution in [2.45, 2.75) is 25.6 Å². The summed E-state index contributed by atoms with van der Waals surface area (Å²) in [6.45, 7) is 1.27. The first-order chi connectivity index (χ1) is 15.5. The number of carbonyl (C=O) groups is 1. The summed E-state index contributed by atoms with van der Waals surface area (Å²) < 4.78 is 43.1. The quantitative estimate of drug-likeness (QED) is 0.533. The fourth-order valence-electron chi connectivity index (χ4n) is 3.32. The van der Waals surface area contributed by atoms with Crippen molar-refractivity contribution in [3.05, 3.63) is 64.7 Å². The van der Waals surface area contributed by atoms with E-state index in [-0.39, 0.29) is 18.6 Å². The summed E-state index contributed by atoms with van der Waals surface area (Å²) in [5.41, 5.74) is 1.61. The van der Waals surface area contributed by atoms with Gasteiger partial charge in [-0.05, 0) is 48.7 Å². The third kappa shape index (κ3) is 5.23. The van der Waals surface area contributed by atoms with E-state index in [0.29, 0.717) is 34.3 Å². The summed E-state index contributed by atoms with van der Waals surface area (Å²) in [6.07, 6.45) is 2.04. The Balaban J connectivity index is 1.41. The van der Waals surface area contributed by atoms with Gasteiger partial charge in [0.25, 0.3) is 5.91 Å². The third-order valence-corrected chi connectivity index (χ3v) is 5.93. The third-order valence-electron chi connectivity index (χ3n) is 5.04. The van der Waals surface area contributed by atoms with Crippen LogP contribution in [0.15, 0.2) is 41.8 Å². The highest BCUT2D eigenvalue weighted by Gasteiger charge is 2.18. The second-order valence-electron chi connectivity index (χ2n) is 7.29. The topological polar surface area (TPSA) is 69.7 Å². The van der Waals surface area contributed by atoms with E-state index in [1.54, 1.807) is 23.6 Å².